The van der Waals surface area contributed by atoms with Gasteiger partial charge in [0.1, 0.15) is 0 Å². The van der Waals surface area contributed by atoms with Crippen LogP contribution in [-0.4, -0.2) is 35.0 Å². The Morgan fingerprint density at radius 2 is 1.88 bits per heavy atom. The lowest BCUT2D eigenvalue weighted by Crippen LogP contribution is -2.41. The Morgan fingerprint density at radius 1 is 1.17 bits per heavy atom. The summed E-state index contributed by atoms with van der Waals surface area (Å²) >= 11 is 0. The van der Waals surface area contributed by atoms with Crippen molar-refractivity contribution in [2.45, 2.75) is 31.6 Å². The third-order valence-corrected chi connectivity index (χ3v) is 6.04. The van der Waals surface area contributed by atoms with Crippen molar-refractivity contribution in [3.63, 3.8) is 0 Å². The molecule has 1 heterocycles. The minimum absolute atomic E-state index is 0.0313. The van der Waals surface area contributed by atoms with Gasteiger partial charge in [0.2, 0.25) is 5.91 Å². The van der Waals surface area contributed by atoms with Gasteiger partial charge in [-0.05, 0) is 54.7 Å². The number of carboxylic acids is 1. The molecule has 6 heteroatoms. The Labute approximate surface area is 138 Å². The standard InChI is InChI=1S/C18H19F2NO3/c19-14-2-1-10(7-15(14)20)11-8-12(11)16(22)21-5-3-18(4-6-21)9-13(18)17(23)24/h1-2,7,11-13H,3-6,8-9H2,(H,23,24). The van der Waals surface area contributed by atoms with E-state index in [4.69, 9.17) is 5.11 Å². The maximum atomic E-state index is 13.3. The van der Waals surface area contributed by atoms with Crippen molar-refractivity contribution in [3.05, 3.63) is 35.4 Å². The Bertz CT molecular complexity index is 712. The number of halogens is 2. The molecule has 1 N–H and O–H groups in total. The Balaban J connectivity index is 1.35. The molecule has 2 saturated carbocycles. The first-order valence-corrected chi connectivity index (χ1v) is 8.38. The topological polar surface area (TPSA) is 57.6 Å². The van der Waals surface area contributed by atoms with E-state index >= 15 is 0 Å². The second-order valence-electron chi connectivity index (χ2n) is 7.40. The lowest BCUT2D eigenvalue weighted by atomic mass is 9.90. The molecule has 1 amide bonds. The zero-order chi connectivity index (χ0) is 17.1. The van der Waals surface area contributed by atoms with E-state index in [9.17, 15) is 18.4 Å². The smallest absolute Gasteiger partial charge is 0.307 e. The van der Waals surface area contributed by atoms with Crippen molar-refractivity contribution in [1.82, 2.24) is 4.90 Å². The fourth-order valence-corrected chi connectivity index (χ4v) is 4.24. The number of rotatable bonds is 3. The molecule has 1 aliphatic heterocycles. The van der Waals surface area contributed by atoms with E-state index in [1.807, 2.05) is 4.90 Å². The summed E-state index contributed by atoms with van der Waals surface area (Å²) in [6.45, 7) is 1.20. The number of nitrogens with zero attached hydrogens (tertiary/aromatic N) is 1. The SMILES string of the molecule is O=C(O)C1CC12CCN(C(=O)C1CC1c1ccc(F)c(F)c1)CC2. The largest absolute Gasteiger partial charge is 0.481 e. The molecular formula is C18H19F2NO3. The maximum Gasteiger partial charge on any atom is 0.307 e. The van der Waals surface area contributed by atoms with Crippen LogP contribution in [0.5, 0.6) is 0 Å². The lowest BCUT2D eigenvalue weighted by Gasteiger charge is -2.33. The van der Waals surface area contributed by atoms with Gasteiger partial charge >= 0.3 is 5.97 Å². The molecule has 1 aromatic rings. The van der Waals surface area contributed by atoms with Crippen molar-refractivity contribution in [3.8, 4) is 0 Å². The van der Waals surface area contributed by atoms with Gasteiger partial charge in [0, 0.05) is 19.0 Å². The molecule has 0 bridgehead atoms. The number of hydrogen-bond acceptors (Lipinski definition) is 2. The van der Waals surface area contributed by atoms with E-state index in [-0.39, 0.29) is 29.1 Å². The number of hydrogen-bond donors (Lipinski definition) is 1. The lowest BCUT2D eigenvalue weighted by molar-refractivity contribution is -0.140. The first kappa shape index (κ1) is 15.5. The molecule has 3 unspecified atom stereocenters. The van der Waals surface area contributed by atoms with Crippen LogP contribution < -0.4 is 0 Å². The van der Waals surface area contributed by atoms with Crippen LogP contribution in [0.15, 0.2) is 18.2 Å². The number of likely N-dealkylation sites (tertiary alicyclic amines) is 1. The highest BCUT2D eigenvalue weighted by Gasteiger charge is 2.59. The molecule has 4 nitrogen and oxygen atoms in total. The van der Waals surface area contributed by atoms with Crippen LogP contribution in [0.4, 0.5) is 8.78 Å². The number of carbonyl (C=O) groups excluding carboxylic acids is 1. The molecule has 24 heavy (non-hydrogen) atoms. The quantitative estimate of drug-likeness (QED) is 0.924. The van der Waals surface area contributed by atoms with E-state index in [0.29, 0.717) is 25.1 Å². The van der Waals surface area contributed by atoms with Crippen LogP contribution in [0.1, 0.15) is 37.2 Å². The zero-order valence-electron chi connectivity index (χ0n) is 13.2. The van der Waals surface area contributed by atoms with Gasteiger partial charge in [0.15, 0.2) is 11.6 Å². The minimum atomic E-state index is -0.876. The van der Waals surface area contributed by atoms with Crippen LogP contribution in [0.3, 0.4) is 0 Å². The number of piperidine rings is 1. The Morgan fingerprint density at radius 3 is 2.46 bits per heavy atom. The molecule has 1 saturated heterocycles. The fraction of sp³-hybridized carbons (Fsp3) is 0.556. The average Bonchev–Trinajstić information content (AvgIpc) is 3.45. The molecule has 0 radical (unpaired) electrons. The average molecular weight is 335 g/mol. The van der Waals surface area contributed by atoms with Crippen LogP contribution in [0, 0.1) is 28.9 Å². The first-order chi connectivity index (χ1) is 11.4. The van der Waals surface area contributed by atoms with Gasteiger partial charge in [-0.3, -0.25) is 9.59 Å². The molecule has 0 aromatic heterocycles. The van der Waals surface area contributed by atoms with Crippen LogP contribution >= 0.6 is 0 Å². The molecular weight excluding hydrogens is 316 g/mol. The molecule has 4 rings (SSSR count). The predicted octanol–water partition coefficient (Wildman–Crippen LogP) is 2.78. The normalized spacial score (nSPS) is 30.2. The van der Waals surface area contributed by atoms with Crippen molar-refractivity contribution >= 4 is 11.9 Å². The number of carboxylic acid groups (broad SMARTS) is 1. The van der Waals surface area contributed by atoms with E-state index in [2.05, 4.69) is 0 Å². The molecule has 3 atom stereocenters. The Kier molecular flexibility index (Phi) is 3.41. The third kappa shape index (κ3) is 2.48. The molecule has 1 spiro atoms. The van der Waals surface area contributed by atoms with Crippen molar-refractivity contribution in [1.29, 1.82) is 0 Å². The van der Waals surface area contributed by atoms with Crippen LogP contribution in [0.2, 0.25) is 0 Å². The Hall–Kier alpha value is -1.98. The van der Waals surface area contributed by atoms with Crippen LogP contribution in [-0.2, 0) is 9.59 Å². The van der Waals surface area contributed by atoms with Gasteiger partial charge < -0.3 is 10.0 Å². The van der Waals surface area contributed by atoms with Gasteiger partial charge in [0.05, 0.1) is 5.92 Å². The molecule has 3 aliphatic rings. The summed E-state index contributed by atoms with van der Waals surface area (Å²) in [6, 6.07) is 3.83. The summed E-state index contributed by atoms with van der Waals surface area (Å²) < 4.78 is 26.3. The van der Waals surface area contributed by atoms with Crippen molar-refractivity contribution in [2.75, 3.05) is 13.1 Å². The minimum Gasteiger partial charge on any atom is -0.481 e. The third-order valence-electron chi connectivity index (χ3n) is 6.04. The highest BCUT2D eigenvalue weighted by Crippen LogP contribution is 2.60. The first-order valence-electron chi connectivity index (χ1n) is 8.38. The summed E-state index contributed by atoms with van der Waals surface area (Å²) in [6.07, 6.45) is 2.89. The fourth-order valence-electron chi connectivity index (χ4n) is 4.24. The molecule has 3 fully saturated rings. The summed E-state index contributed by atoms with van der Waals surface area (Å²) in [7, 11) is 0. The predicted molar refractivity (Wildman–Crippen MR) is 81.2 cm³/mol. The highest BCUT2D eigenvalue weighted by atomic mass is 19.2. The zero-order valence-corrected chi connectivity index (χ0v) is 13.2. The van der Waals surface area contributed by atoms with E-state index < -0.39 is 17.6 Å². The van der Waals surface area contributed by atoms with Crippen molar-refractivity contribution < 1.29 is 23.5 Å². The summed E-state index contributed by atoms with van der Waals surface area (Å²) in [5.41, 5.74) is 0.583. The summed E-state index contributed by atoms with van der Waals surface area (Å²) in [5.74, 6) is -2.84. The maximum absolute atomic E-state index is 13.3. The van der Waals surface area contributed by atoms with Gasteiger partial charge in [-0.25, -0.2) is 8.78 Å². The van der Waals surface area contributed by atoms with E-state index in [1.54, 1.807) is 6.07 Å². The van der Waals surface area contributed by atoms with Gasteiger partial charge in [-0.2, -0.15) is 0 Å². The monoisotopic (exact) mass is 335 g/mol. The molecule has 1 aromatic carbocycles. The molecule has 2 aliphatic carbocycles. The van der Waals surface area contributed by atoms with Crippen molar-refractivity contribution in [2.24, 2.45) is 17.3 Å². The van der Waals surface area contributed by atoms with E-state index in [0.717, 1.165) is 25.3 Å². The number of amides is 1. The van der Waals surface area contributed by atoms with Gasteiger partial charge in [-0.1, -0.05) is 6.07 Å². The second-order valence-corrected chi connectivity index (χ2v) is 7.40. The second kappa shape index (κ2) is 5.26. The molecule has 128 valence electrons. The summed E-state index contributed by atoms with van der Waals surface area (Å²) in [4.78, 5) is 25.5. The summed E-state index contributed by atoms with van der Waals surface area (Å²) in [5, 5.41) is 9.11. The van der Waals surface area contributed by atoms with Gasteiger partial charge in [-0.15, -0.1) is 0 Å². The van der Waals surface area contributed by atoms with Gasteiger partial charge in [0.25, 0.3) is 0 Å². The number of benzene rings is 1. The van der Waals surface area contributed by atoms with E-state index in [1.165, 1.54) is 6.07 Å². The number of aliphatic carboxylic acids is 1. The number of carbonyl (C=O) groups is 2. The highest BCUT2D eigenvalue weighted by molar-refractivity contribution is 5.83. The van der Waals surface area contributed by atoms with Crippen LogP contribution in [0.25, 0.3) is 0 Å².